The van der Waals surface area contributed by atoms with Crippen molar-refractivity contribution >= 4 is 22.4 Å². The molecule has 0 bridgehead atoms. The van der Waals surface area contributed by atoms with E-state index < -0.39 is 10.8 Å². The van der Waals surface area contributed by atoms with Gasteiger partial charge in [0.15, 0.2) is 0 Å². The second-order valence-corrected chi connectivity index (χ2v) is 8.88. The third-order valence-corrected chi connectivity index (χ3v) is 6.07. The summed E-state index contributed by atoms with van der Waals surface area (Å²) in [5, 5.41) is 0. The Balaban J connectivity index is 1.39. The number of ether oxygens (including phenoxy) is 1. The van der Waals surface area contributed by atoms with Crippen LogP contribution in [0.3, 0.4) is 0 Å². The van der Waals surface area contributed by atoms with Crippen molar-refractivity contribution in [3.8, 4) is 5.75 Å². The van der Waals surface area contributed by atoms with E-state index in [1.807, 2.05) is 26.0 Å². The van der Waals surface area contributed by atoms with Crippen molar-refractivity contribution in [3.05, 3.63) is 59.4 Å². The average Bonchev–Trinajstić information content (AvgIpc) is 2.68. The molecule has 1 aliphatic rings. The highest BCUT2D eigenvalue weighted by atomic mass is 32.2. The van der Waals surface area contributed by atoms with Gasteiger partial charge in [-0.2, -0.15) is 0 Å². The molecule has 2 aromatic rings. The van der Waals surface area contributed by atoms with Gasteiger partial charge in [-0.1, -0.05) is 6.07 Å². The molecule has 1 aliphatic heterocycles. The van der Waals surface area contributed by atoms with Gasteiger partial charge in [0.25, 0.3) is 0 Å². The van der Waals surface area contributed by atoms with Gasteiger partial charge >= 0.3 is 0 Å². The maximum atomic E-state index is 13.1. The number of carbonyl (C=O) groups is 1. The Kier molecular flexibility index (Phi) is 7.25. The average molecular weight is 419 g/mol. The van der Waals surface area contributed by atoms with Crippen LogP contribution in [-0.2, 0) is 15.6 Å². The number of anilines is 1. The van der Waals surface area contributed by atoms with Crippen LogP contribution in [0.2, 0.25) is 0 Å². The smallest absolute Gasteiger partial charge is 0.235 e. The maximum Gasteiger partial charge on any atom is 0.235 e. The van der Waals surface area contributed by atoms with Gasteiger partial charge in [0.05, 0.1) is 12.4 Å². The summed E-state index contributed by atoms with van der Waals surface area (Å²) in [6.45, 7) is 6.85. The Bertz CT molecular complexity index is 845. The Morgan fingerprint density at radius 3 is 2.28 bits per heavy atom. The lowest BCUT2D eigenvalue weighted by molar-refractivity contribution is -0.128. The van der Waals surface area contributed by atoms with Gasteiger partial charge < -0.3 is 14.5 Å². The van der Waals surface area contributed by atoms with Crippen LogP contribution in [0.25, 0.3) is 0 Å². The second-order valence-electron chi connectivity index (χ2n) is 7.30. The van der Waals surface area contributed by atoms with E-state index >= 15 is 0 Å². The number of carbonyl (C=O) groups excluding carboxylic acids is 1. The number of hydrogen-bond acceptors (Lipinski definition) is 4. The first-order valence-electron chi connectivity index (χ1n) is 9.75. The molecule has 1 saturated heterocycles. The predicted molar refractivity (Wildman–Crippen MR) is 114 cm³/mol. The molecule has 156 valence electrons. The van der Waals surface area contributed by atoms with Crippen molar-refractivity contribution < 1.29 is 18.1 Å². The molecule has 0 radical (unpaired) electrons. The van der Waals surface area contributed by atoms with E-state index in [9.17, 15) is 13.4 Å². The number of halogens is 1. The summed E-state index contributed by atoms with van der Waals surface area (Å²) in [6, 6.07) is 12.3. The third-order valence-electron chi connectivity index (χ3n) is 4.88. The van der Waals surface area contributed by atoms with Crippen LogP contribution in [-0.4, -0.2) is 59.3 Å². The van der Waals surface area contributed by atoms with Gasteiger partial charge in [-0.15, -0.1) is 0 Å². The first-order valence-corrected chi connectivity index (χ1v) is 11.2. The first kappa shape index (κ1) is 21.3. The SMILES string of the molecule is Cc1cc(C)cc(OCCS(=O)CC(=O)N2CCN(c3ccc(F)cc3)CC2)c1. The molecule has 3 rings (SSSR count). The van der Waals surface area contributed by atoms with Gasteiger partial charge in [-0.05, 0) is 61.4 Å². The molecule has 1 amide bonds. The van der Waals surface area contributed by atoms with Crippen molar-refractivity contribution in [3.63, 3.8) is 0 Å². The highest BCUT2D eigenvalue weighted by Crippen LogP contribution is 2.18. The highest BCUT2D eigenvalue weighted by molar-refractivity contribution is 7.85. The molecule has 2 aromatic carbocycles. The number of hydrogen-bond donors (Lipinski definition) is 0. The zero-order valence-corrected chi connectivity index (χ0v) is 17.7. The molecule has 1 heterocycles. The topological polar surface area (TPSA) is 49.9 Å². The van der Waals surface area contributed by atoms with E-state index in [1.165, 1.54) is 12.1 Å². The standard InChI is InChI=1S/C22H27FN2O3S/c1-17-13-18(2)15-21(14-17)28-11-12-29(27)16-22(26)25-9-7-24(8-10-25)20-5-3-19(23)4-6-20/h3-6,13-15H,7-12,16H2,1-2H3. The summed E-state index contributed by atoms with van der Waals surface area (Å²) in [4.78, 5) is 16.3. The van der Waals surface area contributed by atoms with E-state index in [2.05, 4.69) is 11.0 Å². The minimum atomic E-state index is -1.26. The second kappa shape index (κ2) is 9.87. The minimum absolute atomic E-state index is 0.0206. The van der Waals surface area contributed by atoms with E-state index in [0.717, 1.165) is 22.6 Å². The van der Waals surface area contributed by atoms with Crippen LogP contribution in [0, 0.1) is 19.7 Å². The Labute approximate surface area is 173 Å². The molecule has 0 spiro atoms. The molecule has 1 atom stereocenters. The van der Waals surface area contributed by atoms with E-state index in [-0.39, 0.29) is 17.5 Å². The predicted octanol–water partition coefficient (Wildman–Crippen LogP) is 2.92. The number of nitrogens with zero attached hydrogens (tertiary/aromatic N) is 2. The third kappa shape index (κ3) is 6.29. The zero-order chi connectivity index (χ0) is 20.8. The Hall–Kier alpha value is -2.41. The van der Waals surface area contributed by atoms with E-state index in [1.54, 1.807) is 17.0 Å². The minimum Gasteiger partial charge on any atom is -0.493 e. The monoisotopic (exact) mass is 418 g/mol. The molecule has 0 aromatic heterocycles. The summed E-state index contributed by atoms with van der Waals surface area (Å²) < 4.78 is 31.0. The van der Waals surface area contributed by atoms with Crippen molar-refractivity contribution in [2.24, 2.45) is 0 Å². The normalized spacial score (nSPS) is 15.3. The molecule has 1 fully saturated rings. The molecule has 1 unspecified atom stereocenters. The van der Waals surface area contributed by atoms with Crippen molar-refractivity contribution in [2.45, 2.75) is 13.8 Å². The van der Waals surface area contributed by atoms with Gasteiger partial charge in [0, 0.05) is 42.7 Å². The molecular weight excluding hydrogens is 391 g/mol. The van der Waals surface area contributed by atoms with E-state index in [4.69, 9.17) is 4.74 Å². The number of aryl methyl sites for hydroxylation is 2. The lowest BCUT2D eigenvalue weighted by atomic mass is 10.1. The van der Waals surface area contributed by atoms with E-state index in [0.29, 0.717) is 38.5 Å². The fourth-order valence-corrected chi connectivity index (χ4v) is 4.31. The van der Waals surface area contributed by atoms with Crippen LogP contribution >= 0.6 is 0 Å². The van der Waals surface area contributed by atoms with Crippen LogP contribution in [0.15, 0.2) is 42.5 Å². The van der Waals surface area contributed by atoms with Crippen molar-refractivity contribution in [1.82, 2.24) is 4.90 Å². The molecule has 29 heavy (non-hydrogen) atoms. The summed E-state index contributed by atoms with van der Waals surface area (Å²) in [5.74, 6) is 0.767. The van der Waals surface area contributed by atoms with Crippen LogP contribution < -0.4 is 9.64 Å². The quantitative estimate of drug-likeness (QED) is 0.694. The Morgan fingerprint density at radius 2 is 1.66 bits per heavy atom. The van der Waals surface area contributed by atoms with Gasteiger partial charge in [0.1, 0.15) is 17.3 Å². The van der Waals surface area contributed by atoms with Gasteiger partial charge in [0.2, 0.25) is 5.91 Å². The summed E-state index contributed by atoms with van der Waals surface area (Å²) in [5.41, 5.74) is 3.19. The van der Waals surface area contributed by atoms with Gasteiger partial charge in [-0.25, -0.2) is 4.39 Å². The number of rotatable bonds is 7. The maximum absolute atomic E-state index is 13.1. The van der Waals surface area contributed by atoms with Crippen LogP contribution in [0.4, 0.5) is 10.1 Å². The molecule has 0 saturated carbocycles. The highest BCUT2D eigenvalue weighted by Gasteiger charge is 2.22. The molecule has 5 nitrogen and oxygen atoms in total. The Morgan fingerprint density at radius 1 is 1.03 bits per heavy atom. The number of benzene rings is 2. The van der Waals surface area contributed by atoms with Crippen molar-refractivity contribution in [1.29, 1.82) is 0 Å². The molecule has 0 N–H and O–H groups in total. The largest absolute Gasteiger partial charge is 0.493 e. The first-order chi connectivity index (χ1) is 13.9. The van der Waals surface area contributed by atoms with Crippen LogP contribution in [0.5, 0.6) is 5.75 Å². The summed E-state index contributed by atoms with van der Waals surface area (Å²) in [7, 11) is -1.26. The number of amides is 1. The van der Waals surface area contributed by atoms with Gasteiger partial charge in [-0.3, -0.25) is 9.00 Å². The fraction of sp³-hybridized carbons (Fsp3) is 0.409. The number of piperazine rings is 1. The lowest BCUT2D eigenvalue weighted by Gasteiger charge is -2.36. The zero-order valence-electron chi connectivity index (χ0n) is 16.9. The van der Waals surface area contributed by atoms with Crippen molar-refractivity contribution in [2.75, 3.05) is 49.2 Å². The summed E-state index contributed by atoms with van der Waals surface area (Å²) in [6.07, 6.45) is 0. The van der Waals surface area contributed by atoms with Crippen LogP contribution in [0.1, 0.15) is 11.1 Å². The summed E-state index contributed by atoms with van der Waals surface area (Å²) >= 11 is 0. The molecule has 0 aliphatic carbocycles. The fourth-order valence-electron chi connectivity index (χ4n) is 3.44. The lowest BCUT2D eigenvalue weighted by Crippen LogP contribution is -2.50. The molecular formula is C22H27FN2O3S. The molecule has 7 heteroatoms.